The molecule has 1 heterocycles. The fourth-order valence-electron chi connectivity index (χ4n) is 4.20. The molecule has 1 aliphatic carbocycles. The van der Waals surface area contributed by atoms with Crippen LogP contribution in [0.4, 0.5) is 0 Å². The Hall–Kier alpha value is -0.0800. The first-order valence-electron chi connectivity index (χ1n) is 7.49. The Morgan fingerprint density at radius 2 is 1.82 bits per heavy atom. The normalized spacial score (nSPS) is 44.8. The number of hydrogen-bond acceptors (Lipinski definition) is 2. The van der Waals surface area contributed by atoms with E-state index in [1.165, 1.54) is 25.7 Å². The Bertz CT molecular complexity index is 233. The van der Waals surface area contributed by atoms with E-state index in [0.29, 0.717) is 18.1 Å². The topological polar surface area (TPSA) is 35.2 Å². The summed E-state index contributed by atoms with van der Waals surface area (Å²) in [5.41, 5.74) is 6.56. The fourth-order valence-corrected chi connectivity index (χ4v) is 4.20. The third-order valence-electron chi connectivity index (χ3n) is 4.92. The molecule has 0 aromatic heterocycles. The molecule has 0 amide bonds. The molecule has 2 rings (SSSR count). The first-order valence-corrected chi connectivity index (χ1v) is 7.49. The van der Waals surface area contributed by atoms with E-state index in [0.717, 1.165) is 30.8 Å². The van der Waals surface area contributed by atoms with Gasteiger partial charge in [-0.1, -0.05) is 20.8 Å². The minimum absolute atomic E-state index is 0.368. The van der Waals surface area contributed by atoms with Gasteiger partial charge in [0.15, 0.2) is 0 Å². The molecule has 100 valence electrons. The third-order valence-corrected chi connectivity index (χ3v) is 4.92. The van der Waals surface area contributed by atoms with Gasteiger partial charge in [0.05, 0.1) is 6.10 Å². The number of hydrogen-bond donors (Lipinski definition) is 1. The molecule has 2 aliphatic rings. The van der Waals surface area contributed by atoms with Gasteiger partial charge in [0, 0.05) is 18.6 Å². The molecular weight excluding hydrogens is 210 g/mol. The van der Waals surface area contributed by atoms with E-state index in [1.807, 2.05) is 0 Å². The number of rotatable bonds is 3. The third kappa shape index (κ3) is 3.03. The van der Waals surface area contributed by atoms with Crippen molar-refractivity contribution < 1.29 is 4.74 Å². The molecule has 0 spiro atoms. The van der Waals surface area contributed by atoms with E-state index >= 15 is 0 Å². The van der Waals surface area contributed by atoms with Gasteiger partial charge < -0.3 is 10.5 Å². The molecule has 5 unspecified atom stereocenters. The standard InChI is InChI=1S/C15H29NO/c1-4-14-13(5-6-17-14)15(16)12-8-10(2)7-11(3)9-12/h10-15H,4-9,16H2,1-3H3. The zero-order valence-electron chi connectivity index (χ0n) is 11.7. The average Bonchev–Trinajstić information content (AvgIpc) is 2.74. The molecule has 0 aromatic carbocycles. The van der Waals surface area contributed by atoms with E-state index in [9.17, 15) is 0 Å². The van der Waals surface area contributed by atoms with Gasteiger partial charge in [-0.25, -0.2) is 0 Å². The van der Waals surface area contributed by atoms with Gasteiger partial charge in [0.1, 0.15) is 0 Å². The molecule has 17 heavy (non-hydrogen) atoms. The van der Waals surface area contributed by atoms with Crippen LogP contribution in [0, 0.1) is 23.7 Å². The van der Waals surface area contributed by atoms with Crippen LogP contribution < -0.4 is 5.73 Å². The summed E-state index contributed by atoms with van der Waals surface area (Å²) >= 11 is 0. The smallest absolute Gasteiger partial charge is 0.0616 e. The second-order valence-corrected chi connectivity index (χ2v) is 6.52. The predicted octanol–water partition coefficient (Wildman–Crippen LogP) is 3.20. The molecule has 0 aromatic rings. The van der Waals surface area contributed by atoms with Crippen LogP contribution in [0.25, 0.3) is 0 Å². The van der Waals surface area contributed by atoms with Crippen molar-refractivity contribution in [3.63, 3.8) is 0 Å². The average molecular weight is 239 g/mol. The maximum atomic E-state index is 6.56. The minimum atomic E-state index is 0.368. The first-order chi connectivity index (χ1) is 8.11. The lowest BCUT2D eigenvalue weighted by atomic mass is 9.70. The highest BCUT2D eigenvalue weighted by atomic mass is 16.5. The van der Waals surface area contributed by atoms with E-state index < -0.39 is 0 Å². The first kappa shape index (κ1) is 13.4. The summed E-state index contributed by atoms with van der Waals surface area (Å²) in [5.74, 6) is 3.06. The molecule has 2 fully saturated rings. The van der Waals surface area contributed by atoms with Crippen molar-refractivity contribution in [2.24, 2.45) is 29.4 Å². The van der Waals surface area contributed by atoms with Crippen LogP contribution in [0.2, 0.25) is 0 Å². The molecule has 2 N–H and O–H groups in total. The summed E-state index contributed by atoms with van der Waals surface area (Å²) in [5, 5.41) is 0. The van der Waals surface area contributed by atoms with Gasteiger partial charge in [0.25, 0.3) is 0 Å². The molecule has 1 aliphatic heterocycles. The van der Waals surface area contributed by atoms with E-state index in [2.05, 4.69) is 20.8 Å². The van der Waals surface area contributed by atoms with Gasteiger partial charge in [-0.2, -0.15) is 0 Å². The largest absolute Gasteiger partial charge is 0.378 e. The Labute approximate surface area is 106 Å². The molecule has 2 heteroatoms. The summed E-state index contributed by atoms with van der Waals surface area (Å²) in [6.45, 7) is 7.92. The molecule has 2 nitrogen and oxygen atoms in total. The Balaban J connectivity index is 1.96. The Morgan fingerprint density at radius 1 is 1.18 bits per heavy atom. The van der Waals surface area contributed by atoms with Gasteiger partial charge >= 0.3 is 0 Å². The Kier molecular flexibility index (Phi) is 4.48. The zero-order chi connectivity index (χ0) is 12.4. The van der Waals surface area contributed by atoms with E-state index in [4.69, 9.17) is 10.5 Å². The van der Waals surface area contributed by atoms with Crippen molar-refractivity contribution in [3.8, 4) is 0 Å². The summed E-state index contributed by atoms with van der Waals surface area (Å²) < 4.78 is 5.80. The van der Waals surface area contributed by atoms with Gasteiger partial charge in [-0.15, -0.1) is 0 Å². The molecule has 1 saturated heterocycles. The highest BCUT2D eigenvalue weighted by Gasteiger charge is 2.38. The number of nitrogens with two attached hydrogens (primary N) is 1. The van der Waals surface area contributed by atoms with Crippen LogP contribution in [0.5, 0.6) is 0 Å². The Morgan fingerprint density at radius 3 is 2.41 bits per heavy atom. The lowest BCUT2D eigenvalue weighted by Crippen LogP contribution is -2.43. The van der Waals surface area contributed by atoms with Crippen LogP contribution in [0.3, 0.4) is 0 Å². The van der Waals surface area contributed by atoms with E-state index in [-0.39, 0.29) is 0 Å². The van der Waals surface area contributed by atoms with Crippen molar-refractivity contribution in [1.29, 1.82) is 0 Å². The molecule has 0 radical (unpaired) electrons. The lowest BCUT2D eigenvalue weighted by Gasteiger charge is -2.38. The second kappa shape index (κ2) is 5.71. The quantitative estimate of drug-likeness (QED) is 0.821. The molecular formula is C15H29NO. The summed E-state index contributed by atoms with van der Waals surface area (Å²) in [6, 6.07) is 0.368. The van der Waals surface area contributed by atoms with Gasteiger partial charge in [-0.05, 0) is 49.9 Å². The highest BCUT2D eigenvalue weighted by molar-refractivity contribution is 4.90. The number of ether oxygens (including phenoxy) is 1. The second-order valence-electron chi connectivity index (χ2n) is 6.52. The molecule has 0 bridgehead atoms. The summed E-state index contributed by atoms with van der Waals surface area (Å²) in [4.78, 5) is 0. The zero-order valence-corrected chi connectivity index (χ0v) is 11.7. The van der Waals surface area contributed by atoms with Gasteiger partial charge in [-0.3, -0.25) is 0 Å². The highest BCUT2D eigenvalue weighted by Crippen LogP contribution is 2.38. The monoisotopic (exact) mass is 239 g/mol. The summed E-state index contributed by atoms with van der Waals surface area (Å²) in [6.07, 6.45) is 6.78. The fraction of sp³-hybridized carbons (Fsp3) is 1.00. The van der Waals surface area contributed by atoms with Crippen LogP contribution in [0.15, 0.2) is 0 Å². The van der Waals surface area contributed by atoms with Crippen LogP contribution in [-0.4, -0.2) is 18.8 Å². The molecule has 1 saturated carbocycles. The SMILES string of the molecule is CCC1OCCC1C(N)C1CC(C)CC(C)C1. The maximum absolute atomic E-state index is 6.56. The predicted molar refractivity (Wildman–Crippen MR) is 71.8 cm³/mol. The summed E-state index contributed by atoms with van der Waals surface area (Å²) in [7, 11) is 0. The van der Waals surface area contributed by atoms with Crippen molar-refractivity contribution in [3.05, 3.63) is 0 Å². The molecule has 5 atom stereocenters. The van der Waals surface area contributed by atoms with Crippen LogP contribution in [0.1, 0.15) is 52.9 Å². The minimum Gasteiger partial charge on any atom is -0.378 e. The lowest BCUT2D eigenvalue weighted by molar-refractivity contribution is 0.0658. The maximum Gasteiger partial charge on any atom is 0.0616 e. The van der Waals surface area contributed by atoms with Crippen LogP contribution >= 0.6 is 0 Å². The van der Waals surface area contributed by atoms with E-state index in [1.54, 1.807) is 0 Å². The van der Waals surface area contributed by atoms with Crippen molar-refractivity contribution >= 4 is 0 Å². The van der Waals surface area contributed by atoms with Crippen molar-refractivity contribution in [2.45, 2.75) is 65.0 Å². The van der Waals surface area contributed by atoms with Gasteiger partial charge in [0.2, 0.25) is 0 Å². The van der Waals surface area contributed by atoms with Crippen LogP contribution in [-0.2, 0) is 4.74 Å². The van der Waals surface area contributed by atoms with Crippen molar-refractivity contribution in [1.82, 2.24) is 0 Å². The van der Waals surface area contributed by atoms with Crippen molar-refractivity contribution in [2.75, 3.05) is 6.61 Å².